The Morgan fingerprint density at radius 1 is 1.24 bits per heavy atom. The first kappa shape index (κ1) is 16.5. The number of benzene rings is 1. The highest BCUT2D eigenvalue weighted by Crippen LogP contribution is 2.34. The first-order valence-corrected chi connectivity index (χ1v) is 8.66. The molecule has 3 unspecified atom stereocenters. The fourth-order valence-electron chi connectivity index (χ4n) is 3.39. The lowest BCUT2D eigenvalue weighted by Gasteiger charge is -2.27. The smallest absolute Gasteiger partial charge is 0.0551 e. The Kier molecular flexibility index (Phi) is 6.25. The predicted molar refractivity (Wildman–Crippen MR) is 89.8 cm³/mol. The van der Waals surface area contributed by atoms with Crippen molar-refractivity contribution in [3.8, 4) is 0 Å². The summed E-state index contributed by atoms with van der Waals surface area (Å²) in [6, 6.07) is 7.48. The lowest BCUT2D eigenvalue weighted by atomic mass is 9.86. The molecule has 0 bridgehead atoms. The lowest BCUT2D eigenvalue weighted by Crippen LogP contribution is -2.30. The highest BCUT2D eigenvalue weighted by molar-refractivity contribution is 5.35. The topological polar surface area (TPSA) is 21.3 Å². The number of ether oxygens (including phenoxy) is 1. The van der Waals surface area contributed by atoms with E-state index in [0.29, 0.717) is 18.1 Å². The van der Waals surface area contributed by atoms with Crippen molar-refractivity contribution in [2.45, 2.75) is 65.5 Å². The fourth-order valence-corrected chi connectivity index (χ4v) is 3.39. The summed E-state index contributed by atoms with van der Waals surface area (Å²) in [5, 5.41) is 3.79. The standard InChI is InChI=1S/C19H31NO/c1-5-10-20-19(17-11-14(4)21-13-17)18-12-15(6-2)8-9-16(18)7-3/h8-9,12,14,17,19-20H,5-7,10-11,13H2,1-4H3. The summed E-state index contributed by atoms with van der Waals surface area (Å²) in [6.45, 7) is 10.9. The van der Waals surface area contributed by atoms with Crippen LogP contribution in [0, 0.1) is 5.92 Å². The van der Waals surface area contributed by atoms with Crippen molar-refractivity contribution in [1.29, 1.82) is 0 Å². The zero-order valence-corrected chi connectivity index (χ0v) is 14.1. The van der Waals surface area contributed by atoms with Gasteiger partial charge in [0.25, 0.3) is 0 Å². The van der Waals surface area contributed by atoms with Crippen molar-refractivity contribution in [2.24, 2.45) is 5.92 Å². The molecule has 0 aromatic heterocycles. The molecule has 3 atom stereocenters. The maximum Gasteiger partial charge on any atom is 0.0551 e. The van der Waals surface area contributed by atoms with Crippen LogP contribution in [0.25, 0.3) is 0 Å². The van der Waals surface area contributed by atoms with Crippen molar-refractivity contribution < 1.29 is 4.74 Å². The molecule has 1 aliphatic heterocycles. The number of hydrogen-bond acceptors (Lipinski definition) is 2. The van der Waals surface area contributed by atoms with Crippen LogP contribution in [-0.2, 0) is 17.6 Å². The second-order valence-electron chi connectivity index (χ2n) is 6.31. The van der Waals surface area contributed by atoms with Gasteiger partial charge < -0.3 is 10.1 Å². The molecule has 1 N–H and O–H groups in total. The minimum atomic E-state index is 0.403. The van der Waals surface area contributed by atoms with Crippen LogP contribution in [0.4, 0.5) is 0 Å². The van der Waals surface area contributed by atoms with E-state index in [1.54, 1.807) is 0 Å². The Balaban J connectivity index is 2.30. The average Bonchev–Trinajstić information content (AvgIpc) is 2.93. The average molecular weight is 289 g/mol. The Bertz CT molecular complexity index is 443. The molecule has 2 rings (SSSR count). The molecule has 0 amide bonds. The van der Waals surface area contributed by atoms with Gasteiger partial charge in [0.1, 0.15) is 0 Å². The van der Waals surface area contributed by atoms with Crippen molar-refractivity contribution in [3.05, 3.63) is 34.9 Å². The molecule has 1 aromatic rings. The molecule has 0 aliphatic carbocycles. The monoisotopic (exact) mass is 289 g/mol. The molecule has 0 saturated carbocycles. The molecule has 21 heavy (non-hydrogen) atoms. The molecule has 2 heteroatoms. The molecule has 0 radical (unpaired) electrons. The SMILES string of the molecule is CCCNC(c1cc(CC)ccc1CC)C1COC(C)C1. The molecule has 2 nitrogen and oxygen atoms in total. The molecule has 0 spiro atoms. The fraction of sp³-hybridized carbons (Fsp3) is 0.684. The van der Waals surface area contributed by atoms with Crippen LogP contribution >= 0.6 is 0 Å². The van der Waals surface area contributed by atoms with Gasteiger partial charge in [0.05, 0.1) is 12.7 Å². The first-order valence-electron chi connectivity index (χ1n) is 8.66. The first-order chi connectivity index (χ1) is 10.2. The third kappa shape index (κ3) is 4.08. The Hall–Kier alpha value is -0.860. The third-order valence-electron chi connectivity index (χ3n) is 4.65. The molecular weight excluding hydrogens is 258 g/mol. The highest BCUT2D eigenvalue weighted by Gasteiger charge is 2.31. The maximum atomic E-state index is 5.84. The summed E-state index contributed by atoms with van der Waals surface area (Å²) in [4.78, 5) is 0. The van der Waals surface area contributed by atoms with Gasteiger partial charge in [-0.15, -0.1) is 0 Å². The summed E-state index contributed by atoms with van der Waals surface area (Å²) in [5.41, 5.74) is 4.44. The number of nitrogens with one attached hydrogen (secondary N) is 1. The number of aryl methyl sites for hydroxylation is 2. The van der Waals surface area contributed by atoms with E-state index in [1.807, 2.05) is 0 Å². The van der Waals surface area contributed by atoms with Crippen molar-refractivity contribution >= 4 is 0 Å². The number of hydrogen-bond donors (Lipinski definition) is 1. The van der Waals surface area contributed by atoms with E-state index in [4.69, 9.17) is 4.74 Å². The van der Waals surface area contributed by atoms with E-state index in [2.05, 4.69) is 51.2 Å². The zero-order valence-electron chi connectivity index (χ0n) is 14.1. The van der Waals surface area contributed by atoms with Gasteiger partial charge in [0.15, 0.2) is 0 Å². The van der Waals surface area contributed by atoms with E-state index in [0.717, 1.165) is 26.0 Å². The minimum absolute atomic E-state index is 0.403. The summed E-state index contributed by atoms with van der Waals surface area (Å²) < 4.78 is 5.84. The Labute approximate surface area is 130 Å². The van der Waals surface area contributed by atoms with E-state index in [9.17, 15) is 0 Å². The van der Waals surface area contributed by atoms with Gasteiger partial charge in [-0.3, -0.25) is 0 Å². The zero-order chi connectivity index (χ0) is 15.2. The molecule has 1 aliphatic rings. The van der Waals surface area contributed by atoms with Gasteiger partial charge in [-0.2, -0.15) is 0 Å². The van der Waals surface area contributed by atoms with Crippen LogP contribution in [0.1, 0.15) is 63.3 Å². The van der Waals surface area contributed by atoms with Gasteiger partial charge in [0, 0.05) is 12.0 Å². The van der Waals surface area contributed by atoms with E-state index < -0.39 is 0 Å². The van der Waals surface area contributed by atoms with Crippen LogP contribution < -0.4 is 5.32 Å². The van der Waals surface area contributed by atoms with Crippen molar-refractivity contribution in [3.63, 3.8) is 0 Å². The van der Waals surface area contributed by atoms with Gasteiger partial charge in [-0.1, -0.05) is 39.0 Å². The Morgan fingerprint density at radius 3 is 2.62 bits per heavy atom. The lowest BCUT2D eigenvalue weighted by molar-refractivity contribution is 0.117. The van der Waals surface area contributed by atoms with Crippen LogP contribution in [0.5, 0.6) is 0 Å². The van der Waals surface area contributed by atoms with Crippen molar-refractivity contribution in [2.75, 3.05) is 13.2 Å². The van der Waals surface area contributed by atoms with Gasteiger partial charge in [-0.25, -0.2) is 0 Å². The summed E-state index contributed by atoms with van der Waals surface area (Å²) in [7, 11) is 0. The minimum Gasteiger partial charge on any atom is -0.378 e. The molecule has 1 heterocycles. The van der Waals surface area contributed by atoms with E-state index in [1.165, 1.54) is 29.5 Å². The van der Waals surface area contributed by atoms with E-state index in [-0.39, 0.29) is 0 Å². The van der Waals surface area contributed by atoms with Gasteiger partial charge in [-0.05, 0) is 55.8 Å². The molecule has 1 aromatic carbocycles. The van der Waals surface area contributed by atoms with Crippen LogP contribution in [-0.4, -0.2) is 19.3 Å². The summed E-state index contributed by atoms with van der Waals surface area (Å²) in [6.07, 6.45) is 4.96. The predicted octanol–water partition coefficient (Wildman–Crippen LogP) is 4.28. The second kappa shape index (κ2) is 7.95. The molecule has 1 fully saturated rings. The van der Waals surface area contributed by atoms with Gasteiger partial charge in [0.2, 0.25) is 0 Å². The maximum absolute atomic E-state index is 5.84. The number of rotatable bonds is 7. The molecule has 118 valence electrons. The largest absolute Gasteiger partial charge is 0.378 e. The van der Waals surface area contributed by atoms with Crippen LogP contribution in [0.3, 0.4) is 0 Å². The van der Waals surface area contributed by atoms with Crippen LogP contribution in [0.15, 0.2) is 18.2 Å². The third-order valence-corrected chi connectivity index (χ3v) is 4.65. The molecular formula is C19H31NO. The van der Waals surface area contributed by atoms with Crippen molar-refractivity contribution in [1.82, 2.24) is 5.32 Å². The van der Waals surface area contributed by atoms with Gasteiger partial charge >= 0.3 is 0 Å². The van der Waals surface area contributed by atoms with E-state index >= 15 is 0 Å². The second-order valence-corrected chi connectivity index (χ2v) is 6.31. The molecule has 1 saturated heterocycles. The van der Waals surface area contributed by atoms with Crippen LogP contribution in [0.2, 0.25) is 0 Å². The quantitative estimate of drug-likeness (QED) is 0.809. The summed E-state index contributed by atoms with van der Waals surface area (Å²) in [5.74, 6) is 0.601. The summed E-state index contributed by atoms with van der Waals surface area (Å²) >= 11 is 0. The normalized spacial score (nSPS) is 23.4. The highest BCUT2D eigenvalue weighted by atomic mass is 16.5. The Morgan fingerprint density at radius 2 is 2.05 bits per heavy atom.